The molecular formula is C15H14BrClN2OS. The smallest absolute Gasteiger partial charge is 0.315 e. The Morgan fingerprint density at radius 3 is 1.90 bits per heavy atom. The van der Waals surface area contributed by atoms with E-state index in [1.54, 1.807) is 36.4 Å². The van der Waals surface area contributed by atoms with Crippen LogP contribution in [0.15, 0.2) is 48.5 Å². The van der Waals surface area contributed by atoms with E-state index in [1.807, 2.05) is 12.1 Å². The second kappa shape index (κ2) is 8.36. The van der Waals surface area contributed by atoms with Crippen LogP contribution in [0.3, 0.4) is 0 Å². The number of ketones is 1. The third-order valence-electron chi connectivity index (χ3n) is 2.73. The molecule has 0 heterocycles. The van der Waals surface area contributed by atoms with Gasteiger partial charge >= 0.3 is 5.11 Å². The van der Waals surface area contributed by atoms with Crippen LogP contribution < -0.4 is 28.4 Å². The second-order valence-electron chi connectivity index (χ2n) is 4.22. The molecule has 0 aliphatic rings. The maximum Gasteiger partial charge on any atom is 0.315 e. The van der Waals surface area contributed by atoms with Crippen LogP contribution in [0.1, 0.15) is 21.5 Å². The first-order chi connectivity index (χ1) is 9.56. The Labute approximate surface area is 143 Å². The van der Waals surface area contributed by atoms with Gasteiger partial charge in [-0.05, 0) is 24.3 Å². The molecule has 0 saturated carbocycles. The zero-order chi connectivity index (χ0) is 14.5. The average Bonchev–Trinajstić information content (AvgIpc) is 2.46. The Balaban J connectivity index is 0.00000220. The molecule has 0 aromatic heterocycles. The van der Waals surface area contributed by atoms with Gasteiger partial charge in [0.05, 0.1) is 0 Å². The van der Waals surface area contributed by atoms with Crippen LogP contribution in [0.4, 0.5) is 0 Å². The van der Waals surface area contributed by atoms with Gasteiger partial charge in [-0.2, -0.15) is 0 Å². The summed E-state index contributed by atoms with van der Waals surface area (Å²) in [5.74, 6) is 0.670. The molecule has 21 heavy (non-hydrogen) atoms. The predicted molar refractivity (Wildman–Crippen MR) is 85.8 cm³/mol. The number of nitrogens with two attached hydrogens (primary N) is 2. The number of halogens is 2. The normalized spacial score (nSPS) is 9.67. The quantitative estimate of drug-likeness (QED) is 0.410. The molecule has 0 radical (unpaired) electrons. The molecule has 4 N–H and O–H groups in total. The SMILES string of the molecule is NC(N)=[S+]Cc1ccc(C(=O)c2ccc(Cl)cc2)cc1.[Br-]. The van der Waals surface area contributed by atoms with Crippen LogP contribution in [-0.4, -0.2) is 10.9 Å². The molecule has 0 fully saturated rings. The molecule has 2 aromatic rings. The summed E-state index contributed by atoms with van der Waals surface area (Å²) < 4.78 is 0. The lowest BCUT2D eigenvalue weighted by atomic mass is 10.0. The highest BCUT2D eigenvalue weighted by atomic mass is 79.9. The van der Waals surface area contributed by atoms with Crippen molar-refractivity contribution in [3.05, 3.63) is 70.2 Å². The highest BCUT2D eigenvalue weighted by Crippen LogP contribution is 2.14. The standard InChI is InChI=1S/C15H14ClN2OS.BrH/c16-13-7-5-12(6-8-13)14(19)11-3-1-10(2-4-11)9-20-15(17)18;/h1-8H,9,17-18H2;1H/q+1;/p-1. The highest BCUT2D eigenvalue weighted by Gasteiger charge is 2.09. The van der Waals surface area contributed by atoms with E-state index >= 15 is 0 Å². The molecule has 0 spiro atoms. The van der Waals surface area contributed by atoms with Gasteiger partial charge in [0.25, 0.3) is 0 Å². The Bertz CT molecular complexity index is 638. The summed E-state index contributed by atoms with van der Waals surface area (Å²) >= 11 is 7.18. The molecule has 6 heteroatoms. The van der Waals surface area contributed by atoms with E-state index in [0.29, 0.717) is 27.0 Å². The first-order valence-corrected chi connectivity index (χ1v) is 7.32. The second-order valence-corrected chi connectivity index (χ2v) is 5.71. The minimum absolute atomic E-state index is 0. The zero-order valence-corrected chi connectivity index (χ0v) is 14.2. The Morgan fingerprint density at radius 2 is 1.43 bits per heavy atom. The molecular weight excluding hydrogens is 372 g/mol. The van der Waals surface area contributed by atoms with Crippen molar-refractivity contribution < 1.29 is 21.8 Å². The molecule has 0 aliphatic carbocycles. The number of hydrogen-bond acceptors (Lipinski definition) is 1. The largest absolute Gasteiger partial charge is 1.00 e. The van der Waals surface area contributed by atoms with E-state index in [0.717, 1.165) is 5.56 Å². The fourth-order valence-corrected chi connectivity index (χ4v) is 2.34. The van der Waals surface area contributed by atoms with Crippen molar-refractivity contribution in [2.75, 3.05) is 0 Å². The number of rotatable bonds is 4. The fraction of sp³-hybridized carbons (Fsp3) is 0.0667. The Hall–Kier alpha value is -1.11. The summed E-state index contributed by atoms with van der Waals surface area (Å²) in [6.07, 6.45) is 0. The summed E-state index contributed by atoms with van der Waals surface area (Å²) in [7, 11) is 0. The topological polar surface area (TPSA) is 69.1 Å². The number of carbonyl (C=O) groups excluding carboxylic acids is 1. The van der Waals surface area contributed by atoms with Gasteiger partial charge in [-0.1, -0.05) is 35.9 Å². The van der Waals surface area contributed by atoms with Gasteiger partial charge in [0.15, 0.2) is 5.78 Å². The first-order valence-electron chi connectivity index (χ1n) is 5.96. The van der Waals surface area contributed by atoms with Crippen LogP contribution in [0.25, 0.3) is 0 Å². The van der Waals surface area contributed by atoms with E-state index in [1.165, 1.54) is 11.4 Å². The van der Waals surface area contributed by atoms with E-state index in [9.17, 15) is 4.79 Å². The van der Waals surface area contributed by atoms with Crippen molar-refractivity contribution in [2.24, 2.45) is 11.5 Å². The maximum atomic E-state index is 12.2. The molecule has 0 bridgehead atoms. The monoisotopic (exact) mass is 384 g/mol. The Kier molecular flexibility index (Phi) is 7.14. The van der Waals surface area contributed by atoms with Gasteiger partial charge in [0.2, 0.25) is 17.1 Å². The molecule has 0 aliphatic heterocycles. The van der Waals surface area contributed by atoms with Crippen molar-refractivity contribution in [2.45, 2.75) is 5.75 Å². The summed E-state index contributed by atoms with van der Waals surface area (Å²) in [5, 5.41) is 0.955. The lowest BCUT2D eigenvalue weighted by Gasteiger charge is -2.01. The van der Waals surface area contributed by atoms with Crippen molar-refractivity contribution >= 4 is 33.8 Å². The van der Waals surface area contributed by atoms with Gasteiger partial charge in [0.1, 0.15) is 0 Å². The molecule has 3 nitrogen and oxygen atoms in total. The van der Waals surface area contributed by atoms with Crippen molar-refractivity contribution in [1.29, 1.82) is 0 Å². The number of carbonyl (C=O) groups is 1. The third-order valence-corrected chi connectivity index (χ3v) is 3.79. The fourth-order valence-electron chi connectivity index (χ4n) is 1.69. The number of benzene rings is 2. The van der Waals surface area contributed by atoms with E-state index < -0.39 is 0 Å². The summed E-state index contributed by atoms with van der Waals surface area (Å²) in [4.78, 5) is 12.2. The molecule has 0 atom stereocenters. The molecule has 0 unspecified atom stereocenters. The average molecular weight is 386 g/mol. The predicted octanol–water partition coefficient (Wildman–Crippen LogP) is -0.838. The van der Waals surface area contributed by atoms with Crippen molar-refractivity contribution in [1.82, 2.24) is 0 Å². The summed E-state index contributed by atoms with van der Waals surface area (Å²) in [5.41, 5.74) is 13.1. The minimum atomic E-state index is -0.0224. The molecule has 2 aromatic carbocycles. The molecule has 2 rings (SSSR count). The number of hydrogen-bond donors (Lipinski definition) is 2. The van der Waals surface area contributed by atoms with E-state index in [2.05, 4.69) is 0 Å². The highest BCUT2D eigenvalue weighted by molar-refractivity contribution is 7.77. The molecule has 0 saturated heterocycles. The van der Waals surface area contributed by atoms with Crippen molar-refractivity contribution in [3.63, 3.8) is 0 Å². The van der Waals surface area contributed by atoms with Crippen molar-refractivity contribution in [3.8, 4) is 0 Å². The molecule has 110 valence electrons. The van der Waals surface area contributed by atoms with Crippen LogP contribution in [-0.2, 0) is 17.1 Å². The minimum Gasteiger partial charge on any atom is -1.00 e. The van der Waals surface area contributed by atoms with E-state index in [-0.39, 0.29) is 22.8 Å². The van der Waals surface area contributed by atoms with Crippen LogP contribution in [0, 0.1) is 0 Å². The zero-order valence-electron chi connectivity index (χ0n) is 11.1. The van der Waals surface area contributed by atoms with Gasteiger partial charge in [-0.25, -0.2) is 11.5 Å². The molecule has 0 amide bonds. The summed E-state index contributed by atoms with van der Waals surface area (Å²) in [6.45, 7) is 0. The first kappa shape index (κ1) is 17.9. The van der Waals surface area contributed by atoms with Crippen LogP contribution in [0.5, 0.6) is 0 Å². The van der Waals surface area contributed by atoms with Gasteiger partial charge in [-0.3, -0.25) is 4.79 Å². The lowest BCUT2D eigenvalue weighted by Crippen LogP contribution is -3.00. The lowest BCUT2D eigenvalue weighted by molar-refractivity contribution is -0.0000113. The van der Waals surface area contributed by atoms with E-state index in [4.69, 9.17) is 23.1 Å². The van der Waals surface area contributed by atoms with Crippen LogP contribution >= 0.6 is 11.6 Å². The third kappa shape index (κ3) is 5.30. The Morgan fingerprint density at radius 1 is 0.952 bits per heavy atom. The summed E-state index contributed by atoms with van der Waals surface area (Å²) in [6, 6.07) is 14.3. The van der Waals surface area contributed by atoms with Gasteiger partial charge in [0, 0.05) is 21.7 Å². The van der Waals surface area contributed by atoms with Gasteiger partial charge < -0.3 is 17.0 Å². The van der Waals surface area contributed by atoms with Gasteiger partial charge in [-0.15, -0.1) is 0 Å². The maximum absolute atomic E-state index is 12.2. The van der Waals surface area contributed by atoms with Crippen LogP contribution in [0.2, 0.25) is 5.02 Å².